The number of benzene rings is 1. The number of ether oxygens (including phenoxy) is 1. The minimum Gasteiger partial charge on any atom is -0.396 e. The Kier molecular flexibility index (Phi) is 2.62. The topological polar surface area (TPSA) is 55.5 Å². The molecule has 66 valence electrons. The summed E-state index contributed by atoms with van der Waals surface area (Å²) in [5.74, 6) is -0.498. The Morgan fingerprint density at radius 2 is 2.25 bits per heavy atom. The van der Waals surface area contributed by atoms with Gasteiger partial charge in [-0.3, -0.25) is 0 Å². The van der Waals surface area contributed by atoms with E-state index in [4.69, 9.17) is 10.8 Å². The quantitative estimate of drug-likeness (QED) is 0.516. The van der Waals surface area contributed by atoms with Gasteiger partial charge < -0.3 is 15.6 Å². The molecule has 0 radical (unpaired) electrons. The minimum absolute atomic E-state index is 0.00333. The number of anilines is 1. The summed E-state index contributed by atoms with van der Waals surface area (Å²) in [5.41, 5.74) is 5.72. The van der Waals surface area contributed by atoms with Crippen molar-refractivity contribution >= 4 is 5.69 Å². The van der Waals surface area contributed by atoms with E-state index in [-0.39, 0.29) is 5.69 Å². The van der Waals surface area contributed by atoms with Crippen LogP contribution in [0.25, 0.3) is 0 Å². The molecule has 1 aromatic rings. The van der Waals surface area contributed by atoms with E-state index in [1.54, 1.807) is 0 Å². The third kappa shape index (κ3) is 1.72. The SMILES string of the molecule is COC(O)c1ccc(F)c(N)c1. The molecule has 0 aromatic heterocycles. The second-order valence-electron chi connectivity index (χ2n) is 2.37. The Balaban J connectivity index is 2.96. The van der Waals surface area contributed by atoms with Crippen LogP contribution in [0.5, 0.6) is 0 Å². The van der Waals surface area contributed by atoms with Crippen LogP contribution in [-0.4, -0.2) is 12.2 Å². The maximum Gasteiger partial charge on any atom is 0.180 e. The van der Waals surface area contributed by atoms with Gasteiger partial charge in [0.25, 0.3) is 0 Å². The van der Waals surface area contributed by atoms with E-state index in [1.165, 1.54) is 25.3 Å². The maximum absolute atomic E-state index is 12.6. The number of hydrogen-bond acceptors (Lipinski definition) is 3. The van der Waals surface area contributed by atoms with Crippen LogP contribution in [0.1, 0.15) is 11.9 Å². The van der Waals surface area contributed by atoms with Crippen LogP contribution in [0.3, 0.4) is 0 Å². The van der Waals surface area contributed by atoms with Crippen molar-refractivity contribution in [1.29, 1.82) is 0 Å². The van der Waals surface area contributed by atoms with Crippen molar-refractivity contribution in [2.24, 2.45) is 0 Å². The number of hydrogen-bond donors (Lipinski definition) is 2. The number of methoxy groups -OCH3 is 1. The predicted octanol–water partition coefficient (Wildman–Crippen LogP) is 1.05. The van der Waals surface area contributed by atoms with Gasteiger partial charge in [-0.15, -0.1) is 0 Å². The zero-order valence-electron chi connectivity index (χ0n) is 6.62. The molecule has 0 aliphatic rings. The summed E-state index contributed by atoms with van der Waals surface area (Å²) in [7, 11) is 1.35. The van der Waals surface area contributed by atoms with Crippen LogP contribution in [0.4, 0.5) is 10.1 Å². The molecule has 0 aliphatic heterocycles. The summed E-state index contributed by atoms with van der Waals surface area (Å²) >= 11 is 0. The van der Waals surface area contributed by atoms with E-state index in [9.17, 15) is 4.39 Å². The number of aliphatic hydroxyl groups excluding tert-OH is 1. The normalized spacial score (nSPS) is 12.9. The first-order valence-corrected chi connectivity index (χ1v) is 3.41. The van der Waals surface area contributed by atoms with Gasteiger partial charge in [0.1, 0.15) is 5.82 Å². The standard InChI is InChI=1S/C8H10FNO2/c1-12-8(11)5-2-3-6(9)7(10)4-5/h2-4,8,11H,10H2,1H3. The van der Waals surface area contributed by atoms with Gasteiger partial charge in [-0.1, -0.05) is 6.07 Å². The zero-order chi connectivity index (χ0) is 9.14. The Morgan fingerprint density at radius 3 is 2.75 bits per heavy atom. The molecular formula is C8H10FNO2. The number of rotatable bonds is 2. The van der Waals surface area contributed by atoms with Gasteiger partial charge in [0.05, 0.1) is 5.69 Å². The molecule has 1 rings (SSSR count). The Labute approximate surface area is 69.6 Å². The van der Waals surface area contributed by atoms with Crippen LogP contribution in [-0.2, 0) is 4.74 Å². The van der Waals surface area contributed by atoms with Crippen molar-refractivity contribution in [3.8, 4) is 0 Å². The minimum atomic E-state index is -1.05. The second kappa shape index (κ2) is 3.51. The molecule has 1 aromatic carbocycles. The number of aliphatic hydroxyl groups is 1. The second-order valence-corrected chi connectivity index (χ2v) is 2.37. The fraction of sp³-hybridized carbons (Fsp3) is 0.250. The van der Waals surface area contributed by atoms with Crippen LogP contribution in [0.15, 0.2) is 18.2 Å². The van der Waals surface area contributed by atoms with E-state index in [1.807, 2.05) is 0 Å². The zero-order valence-corrected chi connectivity index (χ0v) is 6.62. The smallest absolute Gasteiger partial charge is 0.180 e. The van der Waals surface area contributed by atoms with Crippen LogP contribution < -0.4 is 5.73 Å². The number of halogens is 1. The maximum atomic E-state index is 12.6. The van der Waals surface area contributed by atoms with Gasteiger partial charge in [-0.2, -0.15) is 0 Å². The van der Waals surface area contributed by atoms with E-state index in [2.05, 4.69) is 4.74 Å². The highest BCUT2D eigenvalue weighted by Gasteiger charge is 2.07. The molecular weight excluding hydrogens is 161 g/mol. The molecule has 3 nitrogen and oxygen atoms in total. The number of nitrogens with two attached hydrogens (primary N) is 1. The lowest BCUT2D eigenvalue weighted by Crippen LogP contribution is -2.01. The van der Waals surface area contributed by atoms with Crippen molar-refractivity contribution in [1.82, 2.24) is 0 Å². The third-order valence-corrected chi connectivity index (χ3v) is 1.53. The average Bonchev–Trinajstić information content (AvgIpc) is 2.08. The molecule has 0 fully saturated rings. The molecule has 0 bridgehead atoms. The summed E-state index contributed by atoms with van der Waals surface area (Å²) in [6.07, 6.45) is -1.05. The van der Waals surface area contributed by atoms with Crippen molar-refractivity contribution in [3.05, 3.63) is 29.6 Å². The first-order valence-electron chi connectivity index (χ1n) is 3.41. The van der Waals surface area contributed by atoms with E-state index in [0.29, 0.717) is 5.56 Å². The van der Waals surface area contributed by atoms with Gasteiger partial charge >= 0.3 is 0 Å². The largest absolute Gasteiger partial charge is 0.396 e. The molecule has 12 heavy (non-hydrogen) atoms. The first-order chi connectivity index (χ1) is 5.65. The highest BCUT2D eigenvalue weighted by atomic mass is 19.1. The van der Waals surface area contributed by atoms with E-state index in [0.717, 1.165) is 0 Å². The molecule has 3 N–H and O–H groups in total. The summed E-state index contributed by atoms with van der Waals surface area (Å²) in [5, 5.41) is 9.14. The van der Waals surface area contributed by atoms with Crippen LogP contribution in [0, 0.1) is 5.82 Å². The van der Waals surface area contributed by atoms with Crippen molar-refractivity contribution in [2.75, 3.05) is 12.8 Å². The molecule has 1 atom stereocenters. The lowest BCUT2D eigenvalue weighted by Gasteiger charge is -2.08. The molecule has 0 saturated heterocycles. The first kappa shape index (κ1) is 8.96. The third-order valence-electron chi connectivity index (χ3n) is 1.53. The monoisotopic (exact) mass is 171 g/mol. The Bertz CT molecular complexity index is 278. The van der Waals surface area contributed by atoms with Crippen LogP contribution in [0.2, 0.25) is 0 Å². The molecule has 0 spiro atoms. The van der Waals surface area contributed by atoms with Gasteiger partial charge in [-0.05, 0) is 12.1 Å². The number of nitrogen functional groups attached to an aromatic ring is 1. The van der Waals surface area contributed by atoms with Crippen molar-refractivity contribution in [3.63, 3.8) is 0 Å². The predicted molar refractivity (Wildman–Crippen MR) is 42.8 cm³/mol. The van der Waals surface area contributed by atoms with Crippen molar-refractivity contribution < 1.29 is 14.2 Å². The molecule has 4 heteroatoms. The van der Waals surface area contributed by atoms with Gasteiger partial charge in [0.2, 0.25) is 0 Å². The Hall–Kier alpha value is -1.13. The summed E-state index contributed by atoms with van der Waals surface area (Å²) in [6, 6.07) is 3.94. The van der Waals surface area contributed by atoms with Gasteiger partial charge in [0.15, 0.2) is 6.29 Å². The van der Waals surface area contributed by atoms with E-state index >= 15 is 0 Å². The summed E-state index contributed by atoms with van der Waals surface area (Å²) < 4.78 is 17.2. The highest BCUT2D eigenvalue weighted by molar-refractivity contribution is 5.42. The molecule has 0 aliphatic carbocycles. The van der Waals surface area contributed by atoms with Crippen LogP contribution >= 0.6 is 0 Å². The molecule has 0 amide bonds. The van der Waals surface area contributed by atoms with Gasteiger partial charge in [0, 0.05) is 12.7 Å². The molecule has 1 unspecified atom stereocenters. The molecule has 0 heterocycles. The Morgan fingerprint density at radius 1 is 1.58 bits per heavy atom. The fourth-order valence-electron chi connectivity index (χ4n) is 0.852. The van der Waals surface area contributed by atoms with E-state index < -0.39 is 12.1 Å². The molecule has 0 saturated carbocycles. The van der Waals surface area contributed by atoms with Gasteiger partial charge in [-0.25, -0.2) is 4.39 Å². The summed E-state index contributed by atoms with van der Waals surface area (Å²) in [6.45, 7) is 0. The lowest BCUT2D eigenvalue weighted by molar-refractivity contribution is -0.0769. The van der Waals surface area contributed by atoms with Crippen molar-refractivity contribution in [2.45, 2.75) is 6.29 Å². The average molecular weight is 171 g/mol. The summed E-state index contributed by atoms with van der Waals surface area (Å²) in [4.78, 5) is 0. The fourth-order valence-corrected chi connectivity index (χ4v) is 0.852. The highest BCUT2D eigenvalue weighted by Crippen LogP contribution is 2.18. The lowest BCUT2D eigenvalue weighted by atomic mass is 10.2.